The highest BCUT2D eigenvalue weighted by atomic mass is 19.1. The van der Waals surface area contributed by atoms with Crippen LogP contribution in [0.3, 0.4) is 0 Å². The van der Waals surface area contributed by atoms with Crippen LogP contribution < -0.4 is 10.6 Å². The fourth-order valence-electron chi connectivity index (χ4n) is 5.50. The maximum absolute atomic E-state index is 15.4. The number of amides is 2. The van der Waals surface area contributed by atoms with Crippen LogP contribution in [0.1, 0.15) is 34.3 Å². The van der Waals surface area contributed by atoms with E-state index in [2.05, 4.69) is 11.5 Å². The van der Waals surface area contributed by atoms with Crippen molar-refractivity contribution < 1.29 is 14.0 Å². The molecule has 2 aliphatic heterocycles. The number of carbonyl (C=O) groups excluding carboxylic acids is 2. The molecule has 2 heterocycles. The van der Waals surface area contributed by atoms with Gasteiger partial charge in [0.15, 0.2) is 0 Å². The molecule has 1 unspecified atom stereocenters. The molecule has 6 heteroatoms. The summed E-state index contributed by atoms with van der Waals surface area (Å²) in [5.41, 5.74) is 10.0. The molecule has 2 N–H and O–H groups in total. The molecule has 30 heavy (non-hydrogen) atoms. The lowest BCUT2D eigenvalue weighted by Crippen LogP contribution is -2.33. The molecule has 154 valence electrons. The van der Waals surface area contributed by atoms with Crippen LogP contribution in [-0.2, 0) is 11.2 Å². The minimum atomic E-state index is -0.600. The second kappa shape index (κ2) is 6.69. The van der Waals surface area contributed by atoms with Crippen molar-refractivity contribution in [3.05, 3.63) is 65.5 Å². The standard InChI is InChI=1S/C24H24FN3O2/c1-2-20(29)27-9-7-24(13-27)8-10-28(14-24)22-19(25)12-18(23(26)30)17-11-15-5-3-4-6-16(15)21(17)22/h2-6,12H,1,7-11,13-14H2,(H2,26,30). The molecule has 2 amide bonds. The first-order valence-electron chi connectivity index (χ1n) is 10.3. The van der Waals surface area contributed by atoms with E-state index >= 15 is 4.39 Å². The van der Waals surface area contributed by atoms with Gasteiger partial charge < -0.3 is 15.5 Å². The summed E-state index contributed by atoms with van der Waals surface area (Å²) in [5.74, 6) is -1.05. The van der Waals surface area contributed by atoms with Crippen LogP contribution in [-0.4, -0.2) is 42.9 Å². The lowest BCUT2D eigenvalue weighted by molar-refractivity contribution is -0.125. The number of hydrogen-bond donors (Lipinski definition) is 1. The second-order valence-corrected chi connectivity index (χ2v) is 8.69. The SMILES string of the molecule is C=CC(=O)N1CCC2(CCN(c3c(F)cc(C(N)=O)c4c3-c3ccccc3C4)C2)C1. The summed E-state index contributed by atoms with van der Waals surface area (Å²) >= 11 is 0. The number of benzene rings is 2. The average molecular weight is 405 g/mol. The van der Waals surface area contributed by atoms with Gasteiger partial charge in [0.25, 0.3) is 0 Å². The van der Waals surface area contributed by atoms with Crippen LogP contribution in [0, 0.1) is 11.2 Å². The van der Waals surface area contributed by atoms with Crippen LogP contribution in [0.2, 0.25) is 0 Å². The molecular weight excluding hydrogens is 381 g/mol. The number of likely N-dealkylation sites (tertiary alicyclic amines) is 1. The number of nitrogens with two attached hydrogens (primary N) is 1. The van der Waals surface area contributed by atoms with Crippen molar-refractivity contribution in [2.24, 2.45) is 11.1 Å². The summed E-state index contributed by atoms with van der Waals surface area (Å²) < 4.78 is 15.4. The van der Waals surface area contributed by atoms with Gasteiger partial charge in [0.1, 0.15) is 5.82 Å². The van der Waals surface area contributed by atoms with E-state index in [0.29, 0.717) is 31.7 Å². The average Bonchev–Trinajstić information content (AvgIpc) is 3.44. The molecule has 2 fully saturated rings. The summed E-state index contributed by atoms with van der Waals surface area (Å²) in [6.07, 6.45) is 3.75. The van der Waals surface area contributed by atoms with Gasteiger partial charge in [0.2, 0.25) is 11.8 Å². The van der Waals surface area contributed by atoms with Gasteiger partial charge in [-0.1, -0.05) is 30.8 Å². The molecule has 0 aromatic heterocycles. The van der Waals surface area contributed by atoms with E-state index in [9.17, 15) is 9.59 Å². The van der Waals surface area contributed by atoms with E-state index in [4.69, 9.17) is 5.73 Å². The topological polar surface area (TPSA) is 66.6 Å². The molecular formula is C24H24FN3O2. The summed E-state index contributed by atoms with van der Waals surface area (Å²) in [4.78, 5) is 28.0. The number of anilines is 1. The van der Waals surface area contributed by atoms with Crippen molar-refractivity contribution in [3.63, 3.8) is 0 Å². The minimum Gasteiger partial charge on any atom is -0.368 e. The molecule has 1 spiro atoms. The molecule has 0 saturated carbocycles. The largest absolute Gasteiger partial charge is 0.368 e. The van der Waals surface area contributed by atoms with Crippen molar-refractivity contribution in [1.29, 1.82) is 0 Å². The first kappa shape index (κ1) is 18.9. The van der Waals surface area contributed by atoms with Gasteiger partial charge in [-0.05, 0) is 48.1 Å². The quantitative estimate of drug-likeness (QED) is 0.681. The Labute approximate surface area is 175 Å². The maximum Gasteiger partial charge on any atom is 0.249 e. The number of nitrogens with zero attached hydrogens (tertiary/aromatic N) is 2. The Morgan fingerprint density at radius 2 is 1.93 bits per heavy atom. The van der Waals surface area contributed by atoms with Crippen LogP contribution in [0.4, 0.5) is 10.1 Å². The third-order valence-corrected chi connectivity index (χ3v) is 6.96. The zero-order valence-electron chi connectivity index (χ0n) is 16.8. The number of primary amides is 1. The molecule has 2 aromatic carbocycles. The molecule has 1 atom stereocenters. The Bertz CT molecular complexity index is 1100. The van der Waals surface area contributed by atoms with E-state index in [1.165, 1.54) is 12.1 Å². The Morgan fingerprint density at radius 1 is 1.17 bits per heavy atom. The van der Waals surface area contributed by atoms with Crippen molar-refractivity contribution in [3.8, 4) is 11.1 Å². The molecule has 2 aromatic rings. The van der Waals surface area contributed by atoms with E-state index in [1.807, 2.05) is 29.2 Å². The minimum absolute atomic E-state index is 0.0293. The fourth-order valence-corrected chi connectivity index (χ4v) is 5.50. The highest BCUT2D eigenvalue weighted by molar-refractivity contribution is 6.01. The number of carbonyl (C=O) groups is 2. The Kier molecular flexibility index (Phi) is 4.20. The van der Waals surface area contributed by atoms with Gasteiger partial charge in [-0.3, -0.25) is 9.59 Å². The Balaban J connectivity index is 1.56. The molecule has 3 aliphatic rings. The molecule has 5 nitrogen and oxygen atoms in total. The van der Waals surface area contributed by atoms with Gasteiger partial charge in [0.05, 0.1) is 5.69 Å². The third kappa shape index (κ3) is 2.74. The second-order valence-electron chi connectivity index (χ2n) is 8.69. The smallest absolute Gasteiger partial charge is 0.249 e. The predicted octanol–water partition coefficient (Wildman–Crippen LogP) is 3.11. The van der Waals surface area contributed by atoms with Crippen LogP contribution in [0.5, 0.6) is 0 Å². The number of halogens is 1. The van der Waals surface area contributed by atoms with Crippen LogP contribution in [0.25, 0.3) is 11.1 Å². The first-order valence-corrected chi connectivity index (χ1v) is 10.3. The Hall–Kier alpha value is -3.15. The molecule has 5 rings (SSSR count). The summed E-state index contributed by atoms with van der Waals surface area (Å²) in [6.45, 7) is 6.38. The highest BCUT2D eigenvalue weighted by Crippen LogP contribution is 2.49. The van der Waals surface area contributed by atoms with Gasteiger partial charge >= 0.3 is 0 Å². The van der Waals surface area contributed by atoms with Gasteiger partial charge in [-0.2, -0.15) is 0 Å². The molecule has 1 aliphatic carbocycles. The normalized spacial score (nSPS) is 21.8. The van der Waals surface area contributed by atoms with E-state index < -0.39 is 11.7 Å². The predicted molar refractivity (Wildman–Crippen MR) is 114 cm³/mol. The van der Waals surface area contributed by atoms with E-state index in [-0.39, 0.29) is 16.9 Å². The fraction of sp³-hybridized carbons (Fsp3) is 0.333. The zero-order valence-corrected chi connectivity index (χ0v) is 16.8. The lowest BCUT2D eigenvalue weighted by atomic mass is 9.86. The number of rotatable bonds is 3. The Morgan fingerprint density at radius 3 is 2.70 bits per heavy atom. The lowest BCUT2D eigenvalue weighted by Gasteiger charge is -2.27. The first-order chi connectivity index (χ1) is 14.4. The van der Waals surface area contributed by atoms with Gasteiger partial charge in [-0.15, -0.1) is 0 Å². The third-order valence-electron chi connectivity index (χ3n) is 6.96. The summed E-state index contributed by atoms with van der Waals surface area (Å²) in [6, 6.07) is 9.20. The summed E-state index contributed by atoms with van der Waals surface area (Å²) in [5, 5.41) is 0. The number of fused-ring (bicyclic) bond motifs is 3. The van der Waals surface area contributed by atoms with E-state index in [1.54, 1.807) is 0 Å². The molecule has 2 saturated heterocycles. The highest BCUT2D eigenvalue weighted by Gasteiger charge is 2.46. The maximum atomic E-state index is 15.4. The van der Waals surface area contributed by atoms with E-state index in [0.717, 1.165) is 41.6 Å². The van der Waals surface area contributed by atoms with Crippen LogP contribution >= 0.6 is 0 Å². The van der Waals surface area contributed by atoms with Gasteiger partial charge in [0, 0.05) is 42.7 Å². The van der Waals surface area contributed by atoms with Gasteiger partial charge in [-0.25, -0.2) is 4.39 Å². The van der Waals surface area contributed by atoms with Crippen molar-refractivity contribution in [2.75, 3.05) is 31.1 Å². The molecule has 0 radical (unpaired) electrons. The summed E-state index contributed by atoms with van der Waals surface area (Å²) in [7, 11) is 0. The van der Waals surface area contributed by atoms with Crippen molar-refractivity contribution in [1.82, 2.24) is 4.90 Å². The van der Waals surface area contributed by atoms with Crippen molar-refractivity contribution in [2.45, 2.75) is 19.3 Å². The molecule has 0 bridgehead atoms. The van der Waals surface area contributed by atoms with Crippen molar-refractivity contribution >= 4 is 17.5 Å². The monoisotopic (exact) mass is 405 g/mol. The number of hydrogen-bond acceptors (Lipinski definition) is 3. The van der Waals surface area contributed by atoms with Crippen LogP contribution in [0.15, 0.2) is 43.0 Å². The zero-order chi connectivity index (χ0) is 21.0.